The van der Waals surface area contributed by atoms with Crippen LogP contribution >= 0.6 is 0 Å². The van der Waals surface area contributed by atoms with Crippen LogP contribution in [0.2, 0.25) is 0 Å². The molecule has 0 aliphatic rings. The third kappa shape index (κ3) is 3.74. The fourth-order valence-electron chi connectivity index (χ4n) is 3.11. The van der Waals surface area contributed by atoms with Crippen LogP contribution in [0.1, 0.15) is 28.7 Å². The molecule has 27 heavy (non-hydrogen) atoms. The molecule has 0 saturated heterocycles. The molecule has 2 aromatic carbocycles. The minimum absolute atomic E-state index is 0.0206. The number of non-ortho nitro benzene ring substituents is 1. The highest BCUT2D eigenvalue weighted by atomic mass is 16.6. The van der Waals surface area contributed by atoms with Gasteiger partial charge in [0.25, 0.3) is 5.69 Å². The fourth-order valence-corrected chi connectivity index (χ4v) is 3.11. The zero-order valence-electron chi connectivity index (χ0n) is 15.4. The van der Waals surface area contributed by atoms with Crippen LogP contribution in [0.25, 0.3) is 5.69 Å². The maximum atomic E-state index is 12.9. The molecule has 0 unspecified atom stereocenters. The average molecular weight is 364 g/mol. The lowest BCUT2D eigenvalue weighted by molar-refractivity contribution is -0.384. The molecule has 138 valence electrons. The normalized spacial score (nSPS) is 11.8. The third-order valence-corrected chi connectivity index (χ3v) is 4.44. The zero-order valence-corrected chi connectivity index (χ0v) is 15.4. The largest absolute Gasteiger partial charge is 0.483 e. The quantitative estimate of drug-likeness (QED) is 0.362. The lowest BCUT2D eigenvalue weighted by atomic mass is 10.1. The van der Waals surface area contributed by atoms with E-state index in [0.29, 0.717) is 11.3 Å². The van der Waals surface area contributed by atoms with Crippen molar-refractivity contribution >= 4 is 11.5 Å². The van der Waals surface area contributed by atoms with Gasteiger partial charge >= 0.3 is 0 Å². The summed E-state index contributed by atoms with van der Waals surface area (Å²) in [5.41, 5.74) is 3.39. The summed E-state index contributed by atoms with van der Waals surface area (Å²) in [5.74, 6) is 0.280. The summed E-state index contributed by atoms with van der Waals surface area (Å²) >= 11 is 0. The predicted molar refractivity (Wildman–Crippen MR) is 103 cm³/mol. The Bertz CT molecular complexity index is 975. The van der Waals surface area contributed by atoms with Crippen LogP contribution in [-0.2, 0) is 0 Å². The number of carbonyl (C=O) groups is 1. The van der Waals surface area contributed by atoms with E-state index in [0.717, 1.165) is 17.1 Å². The first-order valence-corrected chi connectivity index (χ1v) is 8.58. The predicted octanol–water partition coefficient (Wildman–Crippen LogP) is 4.65. The number of carbonyl (C=O) groups excluding carboxylic acids is 1. The van der Waals surface area contributed by atoms with Gasteiger partial charge in [-0.15, -0.1) is 0 Å². The van der Waals surface area contributed by atoms with Crippen molar-refractivity contribution in [2.45, 2.75) is 26.9 Å². The van der Waals surface area contributed by atoms with Crippen molar-refractivity contribution in [1.82, 2.24) is 4.57 Å². The van der Waals surface area contributed by atoms with Gasteiger partial charge in [-0.25, -0.2) is 0 Å². The fraction of sp³-hybridized carbons (Fsp3) is 0.190. The Morgan fingerprint density at radius 1 is 1.07 bits per heavy atom. The summed E-state index contributed by atoms with van der Waals surface area (Å²) in [6, 6.07) is 17.4. The van der Waals surface area contributed by atoms with Crippen LogP contribution < -0.4 is 4.74 Å². The second-order valence-corrected chi connectivity index (χ2v) is 6.33. The highest BCUT2D eigenvalue weighted by Gasteiger charge is 2.23. The van der Waals surface area contributed by atoms with E-state index in [1.165, 1.54) is 24.3 Å². The molecule has 3 aromatic rings. The molecule has 0 aliphatic carbocycles. The number of ether oxygens (including phenoxy) is 1. The summed E-state index contributed by atoms with van der Waals surface area (Å²) in [7, 11) is 0. The molecule has 1 aromatic heterocycles. The topological polar surface area (TPSA) is 74.4 Å². The van der Waals surface area contributed by atoms with Crippen molar-refractivity contribution in [2.75, 3.05) is 0 Å². The molecule has 0 spiro atoms. The van der Waals surface area contributed by atoms with Crippen LogP contribution in [-0.4, -0.2) is 21.4 Å². The van der Waals surface area contributed by atoms with E-state index < -0.39 is 11.0 Å². The maximum Gasteiger partial charge on any atom is 0.269 e. The molecule has 0 N–H and O–H groups in total. The lowest BCUT2D eigenvalue weighted by Gasteiger charge is -2.14. The molecular formula is C21H20N2O4. The van der Waals surface area contributed by atoms with Gasteiger partial charge in [-0.3, -0.25) is 14.9 Å². The number of Topliss-reactive ketones (excluding diaryl/α,β-unsaturated/α-hetero) is 1. The summed E-state index contributed by atoms with van der Waals surface area (Å²) in [4.78, 5) is 23.1. The van der Waals surface area contributed by atoms with Crippen molar-refractivity contribution < 1.29 is 14.5 Å². The highest BCUT2D eigenvalue weighted by molar-refractivity contribution is 6.00. The number of nitrogens with zero attached hydrogens (tertiary/aromatic N) is 2. The number of benzene rings is 2. The number of aromatic nitrogens is 1. The van der Waals surface area contributed by atoms with E-state index in [1.807, 2.05) is 54.8 Å². The Hall–Kier alpha value is -3.41. The van der Waals surface area contributed by atoms with Gasteiger partial charge in [0.15, 0.2) is 6.10 Å². The standard InChI is InChI=1S/C21H20N2O4/c1-14-13-20(15(2)22(14)17-7-5-4-6-8-17)21(24)16(3)27-19-11-9-18(10-12-19)23(25)26/h4-13,16H,1-3H3/t16-/m1/s1. The lowest BCUT2D eigenvalue weighted by Crippen LogP contribution is -2.24. The van der Waals surface area contributed by atoms with Gasteiger partial charge in [0.2, 0.25) is 5.78 Å². The first-order valence-electron chi connectivity index (χ1n) is 8.58. The molecule has 0 saturated carbocycles. The number of hydrogen-bond acceptors (Lipinski definition) is 4. The minimum Gasteiger partial charge on any atom is -0.483 e. The van der Waals surface area contributed by atoms with Crippen LogP contribution in [0.3, 0.4) is 0 Å². The van der Waals surface area contributed by atoms with Gasteiger partial charge in [-0.1, -0.05) is 18.2 Å². The Kier molecular flexibility index (Phi) is 5.07. The van der Waals surface area contributed by atoms with Crippen molar-refractivity contribution in [3.8, 4) is 11.4 Å². The van der Waals surface area contributed by atoms with Crippen LogP contribution in [0.4, 0.5) is 5.69 Å². The van der Waals surface area contributed by atoms with Gasteiger partial charge in [0, 0.05) is 34.8 Å². The molecule has 1 heterocycles. The Balaban J connectivity index is 1.82. The molecular weight excluding hydrogens is 344 g/mol. The monoisotopic (exact) mass is 364 g/mol. The SMILES string of the molecule is Cc1cc(C(=O)[C@@H](C)Oc2ccc([N+](=O)[O-])cc2)c(C)n1-c1ccccc1. The van der Waals surface area contributed by atoms with Crippen LogP contribution in [0.15, 0.2) is 60.7 Å². The smallest absolute Gasteiger partial charge is 0.269 e. The van der Waals surface area contributed by atoms with Crippen molar-refractivity contribution in [2.24, 2.45) is 0 Å². The van der Waals surface area contributed by atoms with Gasteiger partial charge in [0.1, 0.15) is 5.75 Å². The van der Waals surface area contributed by atoms with Gasteiger partial charge in [-0.05, 0) is 51.1 Å². The number of aryl methyl sites for hydroxylation is 1. The third-order valence-electron chi connectivity index (χ3n) is 4.44. The average Bonchev–Trinajstić information content (AvgIpc) is 2.96. The van der Waals surface area contributed by atoms with Gasteiger partial charge in [-0.2, -0.15) is 0 Å². The number of hydrogen-bond donors (Lipinski definition) is 0. The van der Waals surface area contributed by atoms with Gasteiger partial charge < -0.3 is 9.30 Å². The van der Waals surface area contributed by atoms with E-state index in [1.54, 1.807) is 6.92 Å². The zero-order chi connectivity index (χ0) is 19.6. The summed E-state index contributed by atoms with van der Waals surface area (Å²) in [5, 5.41) is 10.7. The maximum absolute atomic E-state index is 12.9. The summed E-state index contributed by atoms with van der Waals surface area (Å²) in [6.07, 6.45) is -0.712. The van der Waals surface area contributed by atoms with Crippen LogP contribution in [0.5, 0.6) is 5.75 Å². The second-order valence-electron chi connectivity index (χ2n) is 6.33. The molecule has 0 fully saturated rings. The van der Waals surface area contributed by atoms with E-state index in [-0.39, 0.29) is 11.5 Å². The van der Waals surface area contributed by atoms with Crippen molar-refractivity contribution in [1.29, 1.82) is 0 Å². The molecule has 1 atom stereocenters. The van der Waals surface area contributed by atoms with E-state index in [4.69, 9.17) is 4.74 Å². The number of ketones is 1. The molecule has 6 nitrogen and oxygen atoms in total. The van der Waals surface area contributed by atoms with E-state index in [9.17, 15) is 14.9 Å². The number of rotatable bonds is 6. The molecule has 6 heteroatoms. The Morgan fingerprint density at radius 2 is 1.70 bits per heavy atom. The Labute approximate surface area is 157 Å². The van der Waals surface area contributed by atoms with Crippen molar-refractivity contribution in [3.05, 3.63) is 87.7 Å². The molecule has 0 amide bonds. The Morgan fingerprint density at radius 3 is 2.30 bits per heavy atom. The number of nitro groups is 1. The minimum atomic E-state index is -0.712. The second kappa shape index (κ2) is 7.45. The van der Waals surface area contributed by atoms with E-state index >= 15 is 0 Å². The van der Waals surface area contributed by atoms with Crippen molar-refractivity contribution in [3.63, 3.8) is 0 Å². The summed E-state index contributed by atoms with van der Waals surface area (Å²) < 4.78 is 7.73. The van der Waals surface area contributed by atoms with Crippen LogP contribution in [0, 0.1) is 24.0 Å². The first kappa shape index (κ1) is 18.4. The van der Waals surface area contributed by atoms with Gasteiger partial charge in [0.05, 0.1) is 4.92 Å². The molecule has 3 rings (SSSR count). The molecule has 0 aliphatic heterocycles. The highest BCUT2D eigenvalue weighted by Crippen LogP contribution is 2.24. The molecule has 0 radical (unpaired) electrons. The molecule has 0 bridgehead atoms. The van der Waals surface area contributed by atoms with E-state index in [2.05, 4.69) is 0 Å². The summed E-state index contributed by atoms with van der Waals surface area (Å²) in [6.45, 7) is 5.54. The first-order chi connectivity index (χ1) is 12.9. The number of nitro benzene ring substituents is 1. The number of para-hydroxylation sites is 1.